The van der Waals surface area contributed by atoms with Gasteiger partial charge in [0.05, 0.1) is 5.92 Å². The first-order chi connectivity index (χ1) is 17.1. The minimum absolute atomic E-state index is 0.166. The zero-order chi connectivity index (χ0) is 24.2. The van der Waals surface area contributed by atoms with Crippen molar-refractivity contribution in [1.29, 1.82) is 0 Å². The molecule has 0 bridgehead atoms. The van der Waals surface area contributed by atoms with Crippen LogP contribution >= 0.6 is 0 Å². The van der Waals surface area contributed by atoms with E-state index in [-0.39, 0.29) is 18.0 Å². The van der Waals surface area contributed by atoms with Crippen LogP contribution in [0.25, 0.3) is 22.6 Å². The summed E-state index contributed by atoms with van der Waals surface area (Å²) in [6.45, 7) is 0. The van der Waals surface area contributed by atoms with E-state index in [1.807, 2.05) is 0 Å². The van der Waals surface area contributed by atoms with Crippen LogP contribution in [0.4, 0.5) is 8.78 Å². The Morgan fingerprint density at radius 2 is 1.31 bits per heavy atom. The molecule has 0 saturated carbocycles. The van der Waals surface area contributed by atoms with Gasteiger partial charge in [0.2, 0.25) is 0 Å². The number of benzene rings is 2. The van der Waals surface area contributed by atoms with Crippen LogP contribution in [0.2, 0.25) is 0 Å². The number of rotatable bonds is 7. The van der Waals surface area contributed by atoms with Gasteiger partial charge in [-0.25, -0.2) is 13.8 Å². The number of hydrogen-bond donors (Lipinski definition) is 0. The number of aromatic nitrogens is 3. The predicted molar refractivity (Wildman–Crippen MR) is 127 cm³/mol. The molecule has 35 heavy (non-hydrogen) atoms. The monoisotopic (exact) mass is 467 g/mol. The summed E-state index contributed by atoms with van der Waals surface area (Å²) < 4.78 is 33.2. The Morgan fingerprint density at radius 1 is 0.743 bits per heavy atom. The van der Waals surface area contributed by atoms with E-state index in [9.17, 15) is 13.6 Å². The molecule has 3 aromatic heterocycles. The maximum Gasteiger partial charge on any atom is 0.196 e. The molecule has 0 spiro atoms. The number of halogens is 2. The average Bonchev–Trinajstić information content (AvgIpc) is 3.33. The lowest BCUT2D eigenvalue weighted by atomic mass is 9.88. The van der Waals surface area contributed by atoms with Crippen molar-refractivity contribution in [3.63, 3.8) is 0 Å². The summed E-state index contributed by atoms with van der Waals surface area (Å²) in [5.41, 5.74) is 3.12. The van der Waals surface area contributed by atoms with Gasteiger partial charge >= 0.3 is 0 Å². The Labute approximate surface area is 200 Å². The summed E-state index contributed by atoms with van der Waals surface area (Å²) in [4.78, 5) is 26.3. The Kier molecular flexibility index (Phi) is 6.22. The SMILES string of the molecule is O=C(c1ccc(F)cc1)C(Cc1nc(-c2ccncc2)c(-c2ccc(F)cc2)o1)c1ccncc1. The molecule has 5 nitrogen and oxygen atoms in total. The topological polar surface area (TPSA) is 68.9 Å². The van der Waals surface area contributed by atoms with E-state index < -0.39 is 11.7 Å². The van der Waals surface area contributed by atoms with Gasteiger partial charge in [0.25, 0.3) is 0 Å². The number of oxazole rings is 1. The lowest BCUT2D eigenvalue weighted by Crippen LogP contribution is -2.16. The third kappa shape index (κ3) is 4.89. The summed E-state index contributed by atoms with van der Waals surface area (Å²) in [6.07, 6.45) is 6.69. The van der Waals surface area contributed by atoms with Crippen LogP contribution in [-0.4, -0.2) is 20.7 Å². The molecule has 0 N–H and O–H groups in total. The third-order valence-electron chi connectivity index (χ3n) is 5.66. The van der Waals surface area contributed by atoms with Crippen molar-refractivity contribution in [2.45, 2.75) is 12.3 Å². The molecule has 1 atom stereocenters. The van der Waals surface area contributed by atoms with Crippen molar-refractivity contribution >= 4 is 5.78 Å². The van der Waals surface area contributed by atoms with E-state index in [1.165, 1.54) is 36.4 Å². The molecular formula is C28H19F2N3O2. The minimum Gasteiger partial charge on any atom is -0.440 e. The van der Waals surface area contributed by atoms with E-state index in [4.69, 9.17) is 9.40 Å². The first kappa shape index (κ1) is 22.3. The van der Waals surface area contributed by atoms with Crippen molar-refractivity contribution in [2.24, 2.45) is 0 Å². The molecule has 0 aliphatic heterocycles. The standard InChI is InChI=1S/C28H19F2N3O2/c29-22-5-1-20(2-6-22)27(34)24(18-9-13-31-14-10-18)17-25-33-26(19-11-15-32-16-12-19)28(35-25)21-3-7-23(30)8-4-21/h1-16,24H,17H2. The molecule has 5 aromatic rings. The van der Waals surface area contributed by atoms with Gasteiger partial charge in [0.15, 0.2) is 17.4 Å². The molecule has 0 amide bonds. The van der Waals surface area contributed by atoms with Crippen molar-refractivity contribution < 1.29 is 18.0 Å². The zero-order valence-electron chi connectivity index (χ0n) is 18.4. The van der Waals surface area contributed by atoms with Crippen LogP contribution in [0.5, 0.6) is 0 Å². The van der Waals surface area contributed by atoms with E-state index in [0.29, 0.717) is 28.5 Å². The van der Waals surface area contributed by atoms with E-state index >= 15 is 0 Å². The van der Waals surface area contributed by atoms with Gasteiger partial charge < -0.3 is 4.42 Å². The maximum absolute atomic E-state index is 13.5. The summed E-state index contributed by atoms with van der Waals surface area (Å²) in [7, 11) is 0. The minimum atomic E-state index is -0.631. The maximum atomic E-state index is 13.5. The van der Waals surface area contributed by atoms with Gasteiger partial charge in [-0.3, -0.25) is 14.8 Å². The van der Waals surface area contributed by atoms with Gasteiger partial charge in [-0.05, 0) is 78.4 Å². The first-order valence-electron chi connectivity index (χ1n) is 10.9. The van der Waals surface area contributed by atoms with Crippen molar-refractivity contribution in [3.05, 3.63) is 126 Å². The summed E-state index contributed by atoms with van der Waals surface area (Å²) in [6, 6.07) is 18.5. The highest BCUT2D eigenvalue weighted by molar-refractivity contribution is 6.01. The normalized spacial score (nSPS) is 11.8. The van der Waals surface area contributed by atoms with Crippen LogP contribution in [0.15, 0.2) is 102 Å². The second-order valence-corrected chi connectivity index (χ2v) is 7.94. The first-order valence-corrected chi connectivity index (χ1v) is 10.9. The van der Waals surface area contributed by atoms with Crippen LogP contribution in [0.3, 0.4) is 0 Å². The Bertz CT molecular complexity index is 1440. The molecule has 5 rings (SSSR count). The Hall–Kier alpha value is -4.52. The third-order valence-corrected chi connectivity index (χ3v) is 5.66. The average molecular weight is 467 g/mol. The molecule has 7 heteroatoms. The number of carbonyl (C=O) groups excluding carboxylic acids is 1. The second kappa shape index (κ2) is 9.77. The number of hydrogen-bond acceptors (Lipinski definition) is 5. The molecule has 172 valence electrons. The fourth-order valence-corrected chi connectivity index (χ4v) is 3.90. The molecule has 0 saturated heterocycles. The number of ketones is 1. The smallest absolute Gasteiger partial charge is 0.196 e. The number of pyridine rings is 2. The van der Waals surface area contributed by atoms with Crippen LogP contribution in [0.1, 0.15) is 27.7 Å². The number of Topliss-reactive ketones (excluding diaryl/α,β-unsaturated/α-hetero) is 1. The Morgan fingerprint density at radius 3 is 1.94 bits per heavy atom. The quantitative estimate of drug-likeness (QED) is 0.263. The van der Waals surface area contributed by atoms with Crippen molar-refractivity contribution in [3.8, 4) is 22.6 Å². The van der Waals surface area contributed by atoms with Gasteiger partial charge in [-0.2, -0.15) is 0 Å². The van der Waals surface area contributed by atoms with Crippen LogP contribution < -0.4 is 0 Å². The molecule has 0 aliphatic rings. The van der Waals surface area contributed by atoms with E-state index in [0.717, 1.165) is 11.1 Å². The Balaban J connectivity index is 1.57. The largest absolute Gasteiger partial charge is 0.440 e. The van der Waals surface area contributed by atoms with Crippen LogP contribution in [0, 0.1) is 11.6 Å². The molecular weight excluding hydrogens is 448 g/mol. The van der Waals surface area contributed by atoms with Gasteiger partial charge in [0, 0.05) is 47.9 Å². The second-order valence-electron chi connectivity index (χ2n) is 7.94. The number of carbonyl (C=O) groups is 1. The highest BCUT2D eigenvalue weighted by atomic mass is 19.1. The zero-order valence-corrected chi connectivity index (χ0v) is 18.4. The summed E-state index contributed by atoms with van der Waals surface area (Å²) in [5, 5.41) is 0. The fraction of sp³-hybridized carbons (Fsp3) is 0.0714. The van der Waals surface area contributed by atoms with Crippen molar-refractivity contribution in [2.75, 3.05) is 0 Å². The lowest BCUT2D eigenvalue weighted by Gasteiger charge is -2.14. The molecule has 2 aromatic carbocycles. The molecule has 0 radical (unpaired) electrons. The molecule has 1 unspecified atom stereocenters. The molecule has 0 aliphatic carbocycles. The highest BCUT2D eigenvalue weighted by Gasteiger charge is 2.26. The fourth-order valence-electron chi connectivity index (χ4n) is 3.90. The van der Waals surface area contributed by atoms with E-state index in [2.05, 4.69) is 9.97 Å². The van der Waals surface area contributed by atoms with Crippen LogP contribution in [-0.2, 0) is 6.42 Å². The molecule has 3 heterocycles. The van der Waals surface area contributed by atoms with Gasteiger partial charge in [-0.15, -0.1) is 0 Å². The van der Waals surface area contributed by atoms with Gasteiger partial charge in [0.1, 0.15) is 17.3 Å². The number of nitrogens with zero attached hydrogens (tertiary/aromatic N) is 3. The predicted octanol–water partition coefficient (Wildman–Crippen LogP) is 6.29. The molecule has 0 fully saturated rings. The van der Waals surface area contributed by atoms with Crippen molar-refractivity contribution in [1.82, 2.24) is 15.0 Å². The lowest BCUT2D eigenvalue weighted by molar-refractivity contribution is 0.0955. The van der Waals surface area contributed by atoms with Gasteiger partial charge in [-0.1, -0.05) is 0 Å². The van der Waals surface area contributed by atoms with E-state index in [1.54, 1.807) is 61.2 Å². The summed E-state index contributed by atoms with van der Waals surface area (Å²) in [5.74, 6) is -0.791. The highest BCUT2D eigenvalue weighted by Crippen LogP contribution is 2.35. The summed E-state index contributed by atoms with van der Waals surface area (Å²) >= 11 is 0.